The summed E-state index contributed by atoms with van der Waals surface area (Å²) in [5.41, 5.74) is 0.246. The highest BCUT2D eigenvalue weighted by molar-refractivity contribution is 7.92. The molecule has 0 unspecified atom stereocenters. The van der Waals surface area contributed by atoms with Gasteiger partial charge in [-0.1, -0.05) is 0 Å². The quantitative estimate of drug-likeness (QED) is 0.686. The maximum Gasteiger partial charge on any atom is 0.262 e. The molecule has 1 aliphatic carbocycles. The number of hydrogen-bond donors (Lipinski definition) is 2. The van der Waals surface area contributed by atoms with E-state index in [0.717, 1.165) is 12.8 Å². The fourth-order valence-corrected chi connectivity index (χ4v) is 4.77. The summed E-state index contributed by atoms with van der Waals surface area (Å²) in [6.45, 7) is 0. The molecule has 0 aromatic heterocycles. The molecule has 1 fully saturated rings. The minimum atomic E-state index is -3.88. The van der Waals surface area contributed by atoms with E-state index in [1.807, 2.05) is 0 Å². The lowest BCUT2D eigenvalue weighted by Gasteiger charge is -2.12. The van der Waals surface area contributed by atoms with Gasteiger partial charge in [-0.05, 0) is 49.2 Å². The monoisotopic (exact) mass is 412 g/mol. The summed E-state index contributed by atoms with van der Waals surface area (Å²) in [7, 11) is -4.59. The van der Waals surface area contributed by atoms with Crippen LogP contribution in [0, 0.1) is 0 Å². The Morgan fingerprint density at radius 1 is 0.815 bits per heavy atom. The molecule has 8 nitrogen and oxygen atoms in total. The number of methoxy groups -OCH3 is 2. The van der Waals surface area contributed by atoms with Gasteiger partial charge in [0.2, 0.25) is 10.0 Å². The molecule has 0 spiro atoms. The molecule has 27 heavy (non-hydrogen) atoms. The SMILES string of the molecule is COc1ccc(S(=O)(=O)Nc2ccc(S(=O)(=O)NC3CC3)cc2)cc1OC. The molecule has 3 rings (SSSR count). The first kappa shape index (κ1) is 19.5. The van der Waals surface area contributed by atoms with Gasteiger partial charge in [-0.3, -0.25) is 4.72 Å². The van der Waals surface area contributed by atoms with Crippen molar-refractivity contribution in [2.75, 3.05) is 18.9 Å². The van der Waals surface area contributed by atoms with Crippen LogP contribution in [0.3, 0.4) is 0 Å². The van der Waals surface area contributed by atoms with Gasteiger partial charge in [0.1, 0.15) is 0 Å². The van der Waals surface area contributed by atoms with E-state index in [-0.39, 0.29) is 27.3 Å². The molecule has 0 radical (unpaired) electrons. The summed E-state index contributed by atoms with van der Waals surface area (Å²) >= 11 is 0. The van der Waals surface area contributed by atoms with Crippen molar-refractivity contribution < 1.29 is 26.3 Å². The number of rotatable bonds is 8. The van der Waals surface area contributed by atoms with Crippen molar-refractivity contribution in [3.05, 3.63) is 42.5 Å². The zero-order chi connectivity index (χ0) is 19.7. The second kappa shape index (κ2) is 7.37. The van der Waals surface area contributed by atoms with E-state index < -0.39 is 20.0 Å². The Hall–Kier alpha value is -2.30. The van der Waals surface area contributed by atoms with Crippen molar-refractivity contribution >= 4 is 25.7 Å². The Morgan fingerprint density at radius 3 is 1.96 bits per heavy atom. The summed E-state index contributed by atoms with van der Waals surface area (Å²) in [4.78, 5) is 0.0794. The molecule has 2 aromatic rings. The second-order valence-electron chi connectivity index (χ2n) is 6.04. The Morgan fingerprint density at radius 2 is 1.41 bits per heavy atom. The van der Waals surface area contributed by atoms with Crippen molar-refractivity contribution in [1.82, 2.24) is 4.72 Å². The first-order valence-corrected chi connectivity index (χ1v) is 11.1. The number of anilines is 1. The maximum atomic E-state index is 12.6. The highest BCUT2D eigenvalue weighted by Crippen LogP contribution is 2.30. The Bertz CT molecular complexity index is 1030. The summed E-state index contributed by atoms with van der Waals surface area (Å²) in [5, 5.41) is 0. The van der Waals surface area contributed by atoms with Gasteiger partial charge < -0.3 is 9.47 Å². The molecular weight excluding hydrogens is 392 g/mol. The standard InChI is InChI=1S/C17H20N2O6S2/c1-24-16-10-9-15(11-17(16)25-2)27(22,23)19-13-5-7-14(8-6-13)26(20,21)18-12-3-4-12/h5-12,18-19H,3-4H2,1-2H3. The fraction of sp³-hybridized carbons (Fsp3) is 0.294. The molecule has 2 aromatic carbocycles. The molecule has 1 saturated carbocycles. The lowest BCUT2D eigenvalue weighted by atomic mass is 10.3. The van der Waals surface area contributed by atoms with Crippen LogP contribution in [-0.2, 0) is 20.0 Å². The molecule has 2 N–H and O–H groups in total. The van der Waals surface area contributed by atoms with Crippen molar-refractivity contribution in [1.29, 1.82) is 0 Å². The minimum absolute atomic E-state index is 0.00164. The van der Waals surface area contributed by atoms with Crippen LogP contribution in [0.25, 0.3) is 0 Å². The zero-order valence-corrected chi connectivity index (χ0v) is 16.4. The first-order chi connectivity index (χ1) is 12.7. The minimum Gasteiger partial charge on any atom is -0.493 e. The molecule has 0 saturated heterocycles. The van der Waals surface area contributed by atoms with Gasteiger partial charge in [-0.25, -0.2) is 21.6 Å². The average Bonchev–Trinajstić information content (AvgIpc) is 3.44. The van der Waals surface area contributed by atoms with Crippen molar-refractivity contribution in [3.8, 4) is 11.5 Å². The third kappa shape index (κ3) is 4.52. The van der Waals surface area contributed by atoms with Crippen LogP contribution in [0.4, 0.5) is 5.69 Å². The maximum absolute atomic E-state index is 12.6. The predicted octanol–water partition coefficient (Wildman–Crippen LogP) is 1.95. The van der Waals surface area contributed by atoms with E-state index >= 15 is 0 Å². The Labute approximate surface area is 158 Å². The van der Waals surface area contributed by atoms with Crippen LogP contribution in [-0.4, -0.2) is 37.1 Å². The summed E-state index contributed by atoms with van der Waals surface area (Å²) in [5.74, 6) is 0.696. The van der Waals surface area contributed by atoms with Crippen LogP contribution >= 0.6 is 0 Å². The van der Waals surface area contributed by atoms with Gasteiger partial charge >= 0.3 is 0 Å². The molecule has 0 heterocycles. The van der Waals surface area contributed by atoms with E-state index in [0.29, 0.717) is 5.75 Å². The first-order valence-electron chi connectivity index (χ1n) is 8.12. The van der Waals surface area contributed by atoms with Crippen molar-refractivity contribution in [3.63, 3.8) is 0 Å². The third-order valence-electron chi connectivity index (χ3n) is 3.98. The normalized spacial score (nSPS) is 14.6. The van der Waals surface area contributed by atoms with Gasteiger partial charge in [0.25, 0.3) is 10.0 Å². The summed E-state index contributed by atoms with van der Waals surface area (Å²) in [6, 6.07) is 9.75. The Balaban J connectivity index is 1.79. The number of ether oxygens (including phenoxy) is 2. The lowest BCUT2D eigenvalue weighted by Crippen LogP contribution is -2.25. The predicted molar refractivity (Wildman–Crippen MR) is 100 cm³/mol. The van der Waals surface area contributed by atoms with E-state index in [4.69, 9.17) is 9.47 Å². The number of benzene rings is 2. The largest absolute Gasteiger partial charge is 0.493 e. The molecule has 0 bridgehead atoms. The van der Waals surface area contributed by atoms with Crippen LogP contribution in [0.15, 0.2) is 52.3 Å². The van der Waals surface area contributed by atoms with Crippen molar-refractivity contribution in [2.24, 2.45) is 0 Å². The molecular formula is C17H20N2O6S2. The van der Waals surface area contributed by atoms with E-state index in [1.54, 1.807) is 0 Å². The molecule has 1 aliphatic rings. The zero-order valence-electron chi connectivity index (χ0n) is 14.8. The lowest BCUT2D eigenvalue weighted by molar-refractivity contribution is 0.354. The van der Waals surface area contributed by atoms with Crippen molar-refractivity contribution in [2.45, 2.75) is 28.7 Å². The molecule has 0 amide bonds. The number of hydrogen-bond acceptors (Lipinski definition) is 6. The fourth-order valence-electron chi connectivity index (χ4n) is 2.39. The molecule has 0 atom stereocenters. The average molecular weight is 412 g/mol. The van der Waals surface area contributed by atoms with E-state index in [1.165, 1.54) is 56.7 Å². The Kier molecular flexibility index (Phi) is 5.31. The van der Waals surface area contributed by atoms with Gasteiger partial charge in [0, 0.05) is 17.8 Å². The second-order valence-corrected chi connectivity index (χ2v) is 9.44. The summed E-state index contributed by atoms with van der Waals surface area (Å²) in [6.07, 6.45) is 1.67. The number of sulfonamides is 2. The van der Waals surface area contributed by atoms with Gasteiger partial charge in [-0.2, -0.15) is 0 Å². The molecule has 0 aliphatic heterocycles. The molecule has 10 heteroatoms. The molecule has 146 valence electrons. The smallest absolute Gasteiger partial charge is 0.262 e. The highest BCUT2D eigenvalue weighted by atomic mass is 32.2. The van der Waals surface area contributed by atoms with Gasteiger partial charge in [0.15, 0.2) is 11.5 Å². The van der Waals surface area contributed by atoms with Crippen LogP contribution in [0.1, 0.15) is 12.8 Å². The highest BCUT2D eigenvalue weighted by Gasteiger charge is 2.28. The van der Waals surface area contributed by atoms with E-state index in [9.17, 15) is 16.8 Å². The summed E-state index contributed by atoms with van der Waals surface area (Å²) < 4.78 is 64.7. The third-order valence-corrected chi connectivity index (χ3v) is 6.90. The van der Waals surface area contributed by atoms with Gasteiger partial charge in [-0.15, -0.1) is 0 Å². The van der Waals surface area contributed by atoms with Crippen LogP contribution in [0.2, 0.25) is 0 Å². The van der Waals surface area contributed by atoms with Crippen LogP contribution in [0.5, 0.6) is 11.5 Å². The van der Waals surface area contributed by atoms with E-state index in [2.05, 4.69) is 9.44 Å². The topological polar surface area (TPSA) is 111 Å². The van der Waals surface area contributed by atoms with Gasteiger partial charge in [0.05, 0.1) is 24.0 Å². The van der Waals surface area contributed by atoms with Crippen LogP contribution < -0.4 is 18.9 Å². The number of nitrogens with one attached hydrogen (secondary N) is 2.